The lowest BCUT2D eigenvalue weighted by Gasteiger charge is -2.21. The third kappa shape index (κ3) is 5.18. The number of hydrogen-bond donors (Lipinski definition) is 0. The summed E-state index contributed by atoms with van der Waals surface area (Å²) in [5.41, 5.74) is 2.78. The van der Waals surface area contributed by atoms with Gasteiger partial charge in [0.1, 0.15) is 0 Å². The first kappa shape index (κ1) is 26.0. The van der Waals surface area contributed by atoms with Gasteiger partial charge in [0.15, 0.2) is 5.13 Å². The molecule has 0 saturated carbocycles. The monoisotopic (exact) mass is 559 g/mol. The molecule has 0 N–H and O–H groups in total. The van der Waals surface area contributed by atoms with E-state index in [2.05, 4.69) is 0 Å². The standard InChI is InChI=1S/C29H25N3O3S3/c1-31(23-12-7-4-8-13-23)38(34,35)24-18-16-22(17-19-24)28(33)32(20-21-10-5-3-6-11-21)29-30-27-25(36-2)14-9-15-26(27)37-29/h3-19H,20H2,1-2H3. The molecule has 0 bridgehead atoms. The summed E-state index contributed by atoms with van der Waals surface area (Å²) in [5.74, 6) is -0.251. The van der Waals surface area contributed by atoms with Crippen molar-refractivity contribution in [3.05, 3.63) is 114 Å². The fourth-order valence-corrected chi connectivity index (χ4v) is 6.86. The Balaban J connectivity index is 1.49. The third-order valence-electron chi connectivity index (χ3n) is 6.13. The van der Waals surface area contributed by atoms with E-state index < -0.39 is 10.0 Å². The fraction of sp³-hybridized carbons (Fsp3) is 0.103. The zero-order valence-corrected chi connectivity index (χ0v) is 23.3. The molecule has 4 aromatic carbocycles. The Hall–Kier alpha value is -3.66. The number of amides is 1. The van der Waals surface area contributed by atoms with Gasteiger partial charge in [-0.25, -0.2) is 13.4 Å². The SMILES string of the molecule is CSc1cccc2sc(N(Cc3ccccc3)C(=O)c3ccc(S(=O)(=O)N(C)c4ccccc4)cc3)nc12. The van der Waals surface area contributed by atoms with Crippen molar-refractivity contribution in [3.8, 4) is 0 Å². The van der Waals surface area contributed by atoms with Gasteiger partial charge in [0, 0.05) is 17.5 Å². The molecule has 5 aromatic rings. The number of rotatable bonds is 8. The molecule has 0 aliphatic rings. The highest BCUT2D eigenvalue weighted by atomic mass is 32.2. The van der Waals surface area contributed by atoms with Crippen LogP contribution in [-0.2, 0) is 16.6 Å². The maximum atomic E-state index is 13.8. The Kier molecular flexibility index (Phi) is 7.51. The van der Waals surface area contributed by atoms with Crippen molar-refractivity contribution in [3.63, 3.8) is 0 Å². The highest BCUT2D eigenvalue weighted by Crippen LogP contribution is 2.35. The van der Waals surface area contributed by atoms with E-state index in [0.29, 0.717) is 22.9 Å². The van der Waals surface area contributed by atoms with Crippen LogP contribution in [0.15, 0.2) is 113 Å². The first-order chi connectivity index (χ1) is 18.4. The largest absolute Gasteiger partial charge is 0.279 e. The van der Waals surface area contributed by atoms with Crippen LogP contribution in [0.4, 0.5) is 10.8 Å². The second kappa shape index (κ2) is 11.0. The Morgan fingerprint density at radius 3 is 2.18 bits per heavy atom. The molecule has 0 spiro atoms. The number of aromatic nitrogens is 1. The smallest absolute Gasteiger partial charge is 0.264 e. The molecular formula is C29H25N3O3S3. The lowest BCUT2D eigenvalue weighted by atomic mass is 10.1. The van der Waals surface area contributed by atoms with Crippen LogP contribution in [0.1, 0.15) is 15.9 Å². The molecule has 0 unspecified atom stereocenters. The van der Waals surface area contributed by atoms with Crippen LogP contribution >= 0.6 is 23.1 Å². The molecule has 5 rings (SSSR count). The molecule has 1 amide bonds. The molecule has 1 aromatic heterocycles. The minimum Gasteiger partial charge on any atom is -0.279 e. The predicted molar refractivity (Wildman–Crippen MR) is 157 cm³/mol. The minimum atomic E-state index is -3.78. The summed E-state index contributed by atoms with van der Waals surface area (Å²) in [7, 11) is -2.27. The highest BCUT2D eigenvalue weighted by Gasteiger charge is 2.25. The molecule has 0 atom stereocenters. The lowest BCUT2D eigenvalue weighted by molar-refractivity contribution is 0.0985. The number of thiazole rings is 1. The van der Waals surface area contributed by atoms with Gasteiger partial charge >= 0.3 is 0 Å². The van der Waals surface area contributed by atoms with Crippen molar-refractivity contribution in [2.45, 2.75) is 16.3 Å². The maximum Gasteiger partial charge on any atom is 0.264 e. The Morgan fingerprint density at radius 2 is 1.53 bits per heavy atom. The summed E-state index contributed by atoms with van der Waals surface area (Å²) in [4.78, 5) is 21.5. The van der Waals surface area contributed by atoms with Gasteiger partial charge in [-0.3, -0.25) is 14.0 Å². The molecule has 0 saturated heterocycles. The van der Waals surface area contributed by atoms with E-state index >= 15 is 0 Å². The Labute approximate surface area is 230 Å². The summed E-state index contributed by atoms with van der Waals surface area (Å²) < 4.78 is 28.6. The second-order valence-corrected chi connectivity index (χ2v) is 12.3. The maximum absolute atomic E-state index is 13.8. The van der Waals surface area contributed by atoms with E-state index in [1.165, 1.54) is 34.8 Å². The molecule has 192 valence electrons. The van der Waals surface area contributed by atoms with Gasteiger partial charge in [0.2, 0.25) is 0 Å². The number of sulfonamides is 1. The normalized spacial score (nSPS) is 11.4. The molecule has 1 heterocycles. The molecule has 0 radical (unpaired) electrons. The van der Waals surface area contributed by atoms with Crippen molar-refractivity contribution in [2.24, 2.45) is 0 Å². The van der Waals surface area contributed by atoms with Gasteiger partial charge < -0.3 is 0 Å². The molecule has 0 fully saturated rings. The second-order valence-electron chi connectivity index (χ2n) is 8.51. The zero-order valence-electron chi connectivity index (χ0n) is 20.8. The quantitative estimate of drug-likeness (QED) is 0.198. The van der Waals surface area contributed by atoms with Crippen molar-refractivity contribution in [1.29, 1.82) is 0 Å². The summed E-state index contributed by atoms with van der Waals surface area (Å²) in [5, 5.41) is 0.593. The summed E-state index contributed by atoms with van der Waals surface area (Å²) in [6, 6.07) is 30.7. The van der Waals surface area contributed by atoms with Crippen LogP contribution in [0.5, 0.6) is 0 Å². The number of thioether (sulfide) groups is 1. The minimum absolute atomic E-state index is 0.111. The number of para-hydroxylation sites is 2. The van der Waals surface area contributed by atoms with E-state index in [-0.39, 0.29) is 10.8 Å². The summed E-state index contributed by atoms with van der Waals surface area (Å²) >= 11 is 3.08. The van der Waals surface area contributed by atoms with Crippen LogP contribution in [0, 0.1) is 0 Å². The zero-order chi connectivity index (χ0) is 26.7. The molecule has 0 aliphatic carbocycles. The third-order valence-corrected chi connectivity index (χ3v) is 9.74. The van der Waals surface area contributed by atoms with E-state index in [0.717, 1.165) is 20.7 Å². The average molecular weight is 560 g/mol. The number of carbonyl (C=O) groups is 1. The van der Waals surface area contributed by atoms with Gasteiger partial charge in [-0.1, -0.05) is 65.9 Å². The van der Waals surface area contributed by atoms with Crippen molar-refractivity contribution >= 4 is 60.1 Å². The van der Waals surface area contributed by atoms with Crippen molar-refractivity contribution < 1.29 is 13.2 Å². The van der Waals surface area contributed by atoms with Gasteiger partial charge in [-0.15, -0.1) is 11.8 Å². The van der Waals surface area contributed by atoms with E-state index in [9.17, 15) is 13.2 Å². The van der Waals surface area contributed by atoms with Crippen LogP contribution in [0.25, 0.3) is 10.2 Å². The lowest BCUT2D eigenvalue weighted by Crippen LogP contribution is -2.30. The topological polar surface area (TPSA) is 70.6 Å². The summed E-state index contributed by atoms with van der Waals surface area (Å²) in [6.45, 7) is 0.338. The van der Waals surface area contributed by atoms with Gasteiger partial charge in [0.05, 0.1) is 27.3 Å². The number of hydrogen-bond acceptors (Lipinski definition) is 6. The van der Waals surface area contributed by atoms with Crippen LogP contribution in [-0.4, -0.2) is 32.6 Å². The van der Waals surface area contributed by atoms with E-state index in [1.807, 2.05) is 60.9 Å². The van der Waals surface area contributed by atoms with Crippen molar-refractivity contribution in [2.75, 3.05) is 22.5 Å². The number of nitrogens with zero attached hydrogens (tertiary/aromatic N) is 3. The van der Waals surface area contributed by atoms with Gasteiger partial charge in [-0.2, -0.15) is 0 Å². The predicted octanol–water partition coefficient (Wildman–Crippen LogP) is 6.69. The average Bonchev–Trinajstić information content (AvgIpc) is 3.40. The molecule has 9 heteroatoms. The molecule has 6 nitrogen and oxygen atoms in total. The van der Waals surface area contributed by atoms with E-state index in [4.69, 9.17) is 4.98 Å². The van der Waals surface area contributed by atoms with E-state index in [1.54, 1.807) is 53.1 Å². The fourth-order valence-electron chi connectivity index (χ4n) is 4.04. The van der Waals surface area contributed by atoms with Crippen LogP contribution in [0.2, 0.25) is 0 Å². The summed E-state index contributed by atoms with van der Waals surface area (Å²) in [6.07, 6.45) is 2.01. The van der Waals surface area contributed by atoms with Crippen molar-refractivity contribution in [1.82, 2.24) is 4.98 Å². The molecule has 38 heavy (non-hydrogen) atoms. The first-order valence-corrected chi connectivity index (χ1v) is 15.3. The van der Waals surface area contributed by atoms with Crippen LogP contribution in [0.3, 0.4) is 0 Å². The Bertz CT molecular complexity index is 1670. The first-order valence-electron chi connectivity index (χ1n) is 11.8. The highest BCUT2D eigenvalue weighted by molar-refractivity contribution is 7.98. The number of benzene rings is 4. The number of anilines is 2. The molecular weight excluding hydrogens is 535 g/mol. The van der Waals surface area contributed by atoms with Gasteiger partial charge in [0.25, 0.3) is 15.9 Å². The Morgan fingerprint density at radius 1 is 0.868 bits per heavy atom. The van der Waals surface area contributed by atoms with Crippen LogP contribution < -0.4 is 9.21 Å². The number of fused-ring (bicyclic) bond motifs is 1. The number of carbonyl (C=O) groups excluding carboxylic acids is 1. The molecule has 0 aliphatic heterocycles. The van der Waals surface area contributed by atoms with Gasteiger partial charge in [-0.05, 0) is 60.4 Å².